The lowest BCUT2D eigenvalue weighted by atomic mass is 9.88. The van der Waals surface area contributed by atoms with Crippen molar-refractivity contribution in [2.24, 2.45) is 0 Å². The number of hydrogen-bond acceptors (Lipinski definition) is 4. The van der Waals surface area contributed by atoms with Crippen molar-refractivity contribution in [1.29, 1.82) is 0 Å². The van der Waals surface area contributed by atoms with Crippen LogP contribution < -0.4 is 0 Å². The maximum Gasteiger partial charge on any atom is 0.0832 e. The molecule has 2 aliphatic rings. The fraction of sp³-hybridized carbons (Fsp3) is 0.733. The van der Waals surface area contributed by atoms with Gasteiger partial charge in [-0.15, -0.1) is 11.3 Å². The van der Waals surface area contributed by atoms with Crippen LogP contribution in [0, 0.1) is 6.92 Å². The molecule has 3 rings (SSSR count). The zero-order chi connectivity index (χ0) is 13.3. The summed E-state index contributed by atoms with van der Waals surface area (Å²) in [6.07, 6.45) is 3.69. The second-order valence-electron chi connectivity index (χ2n) is 5.84. The minimum Gasteiger partial charge on any atom is -0.379 e. The number of ether oxygens (including phenoxy) is 2. The third-order valence-corrected chi connectivity index (χ3v) is 5.44. The molecule has 0 amide bonds. The molecule has 0 N–H and O–H groups in total. The van der Waals surface area contributed by atoms with Gasteiger partial charge in [0.2, 0.25) is 0 Å². The average Bonchev–Trinajstić information content (AvgIpc) is 3.00. The van der Waals surface area contributed by atoms with Gasteiger partial charge in [-0.05, 0) is 31.9 Å². The molecule has 3 nitrogen and oxygen atoms in total. The molecule has 0 aliphatic carbocycles. The van der Waals surface area contributed by atoms with Gasteiger partial charge in [-0.1, -0.05) is 0 Å². The lowest BCUT2D eigenvalue weighted by Crippen LogP contribution is -2.43. The first-order valence-corrected chi connectivity index (χ1v) is 7.95. The van der Waals surface area contributed by atoms with Gasteiger partial charge < -0.3 is 9.47 Å². The van der Waals surface area contributed by atoms with E-state index < -0.39 is 0 Å². The summed E-state index contributed by atoms with van der Waals surface area (Å²) >= 11 is 1.92. The summed E-state index contributed by atoms with van der Waals surface area (Å²) in [6.45, 7) is 6.35. The van der Waals surface area contributed by atoms with Crippen LogP contribution in [0.5, 0.6) is 0 Å². The maximum atomic E-state index is 6.04. The number of hydrogen-bond donors (Lipinski definition) is 0. The van der Waals surface area contributed by atoms with Crippen LogP contribution in [-0.2, 0) is 16.0 Å². The molecular weight excluding hydrogens is 258 g/mol. The van der Waals surface area contributed by atoms with Gasteiger partial charge in [0.15, 0.2) is 0 Å². The Kier molecular flexibility index (Phi) is 3.94. The molecule has 2 saturated heterocycles. The summed E-state index contributed by atoms with van der Waals surface area (Å²) in [6, 6.07) is 4.48. The van der Waals surface area contributed by atoms with Crippen molar-refractivity contribution in [2.45, 2.75) is 44.4 Å². The number of thiophene rings is 1. The monoisotopic (exact) mass is 281 g/mol. The van der Waals surface area contributed by atoms with Crippen molar-refractivity contribution >= 4 is 11.3 Å². The summed E-state index contributed by atoms with van der Waals surface area (Å²) in [4.78, 5) is 5.45. The predicted molar refractivity (Wildman–Crippen MR) is 77.7 cm³/mol. The molecule has 106 valence electrons. The summed E-state index contributed by atoms with van der Waals surface area (Å²) in [7, 11) is 1.79. The number of piperidine rings is 1. The average molecular weight is 281 g/mol. The van der Waals surface area contributed by atoms with Crippen LogP contribution in [0.15, 0.2) is 12.1 Å². The highest BCUT2D eigenvalue weighted by Crippen LogP contribution is 2.37. The molecule has 2 aliphatic heterocycles. The molecule has 1 spiro atoms. The molecule has 19 heavy (non-hydrogen) atoms. The van der Waals surface area contributed by atoms with Gasteiger partial charge in [0.25, 0.3) is 0 Å². The summed E-state index contributed by atoms with van der Waals surface area (Å²) in [5.74, 6) is 0. The van der Waals surface area contributed by atoms with Crippen molar-refractivity contribution in [3.05, 3.63) is 21.9 Å². The van der Waals surface area contributed by atoms with Gasteiger partial charge in [0.1, 0.15) is 0 Å². The van der Waals surface area contributed by atoms with Gasteiger partial charge in [-0.2, -0.15) is 0 Å². The first-order valence-electron chi connectivity index (χ1n) is 7.14. The summed E-state index contributed by atoms with van der Waals surface area (Å²) in [5, 5.41) is 0. The van der Waals surface area contributed by atoms with E-state index in [9.17, 15) is 0 Å². The highest BCUT2D eigenvalue weighted by molar-refractivity contribution is 7.11. The Morgan fingerprint density at radius 1 is 1.42 bits per heavy atom. The largest absolute Gasteiger partial charge is 0.379 e. The van der Waals surface area contributed by atoms with Gasteiger partial charge in [-0.25, -0.2) is 0 Å². The molecule has 2 fully saturated rings. The Balaban J connectivity index is 1.52. The van der Waals surface area contributed by atoms with Crippen LogP contribution in [0.2, 0.25) is 0 Å². The molecule has 1 aromatic heterocycles. The maximum absolute atomic E-state index is 6.04. The standard InChI is InChI=1S/C15H23NO2S/c1-12-3-4-14(19-12)10-16-7-5-15(6-8-16)9-13(17-2)11-18-15/h3-4,13H,5-11H2,1-2H3. The van der Waals surface area contributed by atoms with Crippen molar-refractivity contribution in [2.75, 3.05) is 26.8 Å². The fourth-order valence-corrected chi connectivity index (χ4v) is 4.14. The highest BCUT2D eigenvalue weighted by Gasteiger charge is 2.42. The lowest BCUT2D eigenvalue weighted by Gasteiger charge is -2.38. The van der Waals surface area contributed by atoms with E-state index >= 15 is 0 Å². The smallest absolute Gasteiger partial charge is 0.0832 e. The second kappa shape index (κ2) is 5.52. The van der Waals surface area contributed by atoms with Crippen molar-refractivity contribution in [3.63, 3.8) is 0 Å². The quantitative estimate of drug-likeness (QED) is 0.850. The minimum absolute atomic E-state index is 0.114. The van der Waals surface area contributed by atoms with E-state index in [0.29, 0.717) is 6.10 Å². The van der Waals surface area contributed by atoms with Gasteiger partial charge in [0.05, 0.1) is 18.3 Å². The Morgan fingerprint density at radius 2 is 2.21 bits per heavy atom. The third kappa shape index (κ3) is 3.02. The molecule has 0 bridgehead atoms. The minimum atomic E-state index is 0.114. The topological polar surface area (TPSA) is 21.7 Å². The molecule has 1 unspecified atom stereocenters. The SMILES string of the molecule is COC1COC2(CCN(Cc3ccc(C)s3)CC2)C1. The molecule has 4 heteroatoms. The summed E-state index contributed by atoms with van der Waals surface area (Å²) < 4.78 is 11.5. The number of nitrogens with zero attached hydrogens (tertiary/aromatic N) is 1. The van der Waals surface area contributed by atoms with Gasteiger partial charge in [0, 0.05) is 42.9 Å². The number of rotatable bonds is 3. The fourth-order valence-electron chi connectivity index (χ4n) is 3.21. The molecule has 0 radical (unpaired) electrons. The van der Waals surface area contributed by atoms with Crippen LogP contribution in [-0.4, -0.2) is 43.4 Å². The van der Waals surface area contributed by atoms with E-state index in [4.69, 9.17) is 9.47 Å². The number of methoxy groups -OCH3 is 1. The van der Waals surface area contributed by atoms with E-state index in [0.717, 1.165) is 45.5 Å². The van der Waals surface area contributed by atoms with E-state index in [2.05, 4.69) is 24.0 Å². The molecule has 0 saturated carbocycles. The van der Waals surface area contributed by atoms with Crippen LogP contribution >= 0.6 is 11.3 Å². The van der Waals surface area contributed by atoms with E-state index in [1.54, 1.807) is 7.11 Å². The van der Waals surface area contributed by atoms with Crippen LogP contribution in [0.3, 0.4) is 0 Å². The third-order valence-electron chi connectivity index (χ3n) is 4.45. The Labute approximate surface area is 119 Å². The molecule has 1 atom stereocenters. The van der Waals surface area contributed by atoms with Crippen molar-refractivity contribution in [3.8, 4) is 0 Å². The summed E-state index contributed by atoms with van der Waals surface area (Å²) in [5.41, 5.74) is 0.114. The Bertz CT molecular complexity index is 424. The molecule has 1 aromatic rings. The number of aryl methyl sites for hydroxylation is 1. The van der Waals surface area contributed by atoms with Gasteiger partial charge >= 0.3 is 0 Å². The van der Waals surface area contributed by atoms with Gasteiger partial charge in [-0.3, -0.25) is 4.90 Å². The van der Waals surface area contributed by atoms with Crippen molar-refractivity contribution < 1.29 is 9.47 Å². The van der Waals surface area contributed by atoms with Crippen LogP contribution in [0.1, 0.15) is 29.0 Å². The van der Waals surface area contributed by atoms with Crippen molar-refractivity contribution in [1.82, 2.24) is 4.90 Å². The Hall–Kier alpha value is -0.420. The van der Waals surface area contributed by atoms with Crippen LogP contribution in [0.25, 0.3) is 0 Å². The molecule has 0 aromatic carbocycles. The van der Waals surface area contributed by atoms with E-state index in [1.165, 1.54) is 9.75 Å². The van der Waals surface area contributed by atoms with E-state index in [1.807, 2.05) is 11.3 Å². The molecular formula is C15H23NO2S. The predicted octanol–water partition coefficient (Wildman–Crippen LogP) is 2.83. The molecule has 3 heterocycles. The Morgan fingerprint density at radius 3 is 2.79 bits per heavy atom. The second-order valence-corrected chi connectivity index (χ2v) is 7.22. The first-order chi connectivity index (χ1) is 9.19. The number of likely N-dealkylation sites (tertiary alicyclic amines) is 1. The first kappa shape index (κ1) is 13.6. The normalized spacial score (nSPS) is 27.2. The highest BCUT2D eigenvalue weighted by atomic mass is 32.1. The van der Waals surface area contributed by atoms with E-state index in [-0.39, 0.29) is 5.60 Å². The van der Waals surface area contributed by atoms with Crippen LogP contribution in [0.4, 0.5) is 0 Å². The zero-order valence-electron chi connectivity index (χ0n) is 11.9. The zero-order valence-corrected chi connectivity index (χ0v) is 12.7. The lowest BCUT2D eigenvalue weighted by molar-refractivity contribution is -0.0458.